The van der Waals surface area contributed by atoms with Gasteiger partial charge in [0.1, 0.15) is 5.69 Å². The van der Waals surface area contributed by atoms with Crippen LogP contribution in [0.1, 0.15) is 40.9 Å². The van der Waals surface area contributed by atoms with E-state index in [1.165, 1.54) is 12.0 Å². The molecule has 0 radical (unpaired) electrons. The lowest BCUT2D eigenvalue weighted by atomic mass is 9.64. The maximum atomic E-state index is 13.2. The lowest BCUT2D eigenvalue weighted by molar-refractivity contribution is 0.0134. The summed E-state index contributed by atoms with van der Waals surface area (Å²) in [6, 6.07) is 4.08. The fraction of sp³-hybridized carbons (Fsp3) is 0.471. The van der Waals surface area contributed by atoms with Gasteiger partial charge >= 0.3 is 0 Å². The summed E-state index contributed by atoms with van der Waals surface area (Å²) in [4.78, 5) is 19.5. The van der Waals surface area contributed by atoms with E-state index in [4.69, 9.17) is 0 Å². The van der Waals surface area contributed by atoms with Crippen molar-refractivity contribution in [1.29, 1.82) is 0 Å². The van der Waals surface area contributed by atoms with E-state index >= 15 is 0 Å². The van der Waals surface area contributed by atoms with Crippen LogP contribution in [0.15, 0.2) is 30.7 Å². The molecule has 0 aromatic carbocycles. The van der Waals surface area contributed by atoms with Crippen molar-refractivity contribution in [3.63, 3.8) is 0 Å². The van der Waals surface area contributed by atoms with Crippen molar-refractivity contribution in [1.82, 2.24) is 19.7 Å². The lowest BCUT2D eigenvalue weighted by Crippen LogP contribution is -2.54. The average Bonchev–Trinajstić information content (AvgIpc) is 2.97. The van der Waals surface area contributed by atoms with Crippen LogP contribution in [0.4, 0.5) is 0 Å². The molecule has 1 saturated carbocycles. The quantitative estimate of drug-likeness (QED) is 0.854. The summed E-state index contributed by atoms with van der Waals surface area (Å²) in [6.45, 7) is 2.77. The number of aryl methyl sites for hydroxylation is 2. The molecule has 0 unspecified atom stereocenters. The van der Waals surface area contributed by atoms with Crippen LogP contribution in [0, 0.1) is 12.8 Å². The predicted molar refractivity (Wildman–Crippen MR) is 82.2 cm³/mol. The summed E-state index contributed by atoms with van der Waals surface area (Å²) in [5.74, 6) is 0.665. The zero-order valence-electron chi connectivity index (χ0n) is 13.0. The Bertz CT molecular complexity index is 704. The highest BCUT2D eigenvalue weighted by atomic mass is 16.2. The Morgan fingerprint density at radius 1 is 1.36 bits per heavy atom. The number of fused-ring (bicyclic) bond motifs is 1. The van der Waals surface area contributed by atoms with Crippen LogP contribution in [0.2, 0.25) is 0 Å². The van der Waals surface area contributed by atoms with E-state index in [1.807, 2.05) is 26.2 Å². The van der Waals surface area contributed by atoms with Gasteiger partial charge in [-0.25, -0.2) is 0 Å². The molecule has 1 aliphatic heterocycles. The third-order valence-electron chi connectivity index (χ3n) is 5.46. The molecule has 2 aromatic rings. The zero-order valence-corrected chi connectivity index (χ0v) is 13.0. The molecular weight excluding hydrogens is 276 g/mol. The van der Waals surface area contributed by atoms with Gasteiger partial charge in [0.2, 0.25) is 0 Å². The van der Waals surface area contributed by atoms with Crippen LogP contribution in [0.25, 0.3) is 0 Å². The van der Waals surface area contributed by atoms with E-state index in [9.17, 15) is 4.79 Å². The molecule has 2 aromatic heterocycles. The van der Waals surface area contributed by atoms with Crippen LogP contribution in [-0.4, -0.2) is 32.1 Å². The Morgan fingerprint density at radius 3 is 2.82 bits per heavy atom. The molecule has 4 rings (SSSR count). The van der Waals surface area contributed by atoms with Crippen molar-refractivity contribution in [2.45, 2.75) is 31.7 Å². The predicted octanol–water partition coefficient (Wildman–Crippen LogP) is 2.27. The van der Waals surface area contributed by atoms with Gasteiger partial charge in [-0.15, -0.1) is 0 Å². The topological polar surface area (TPSA) is 51.0 Å². The van der Waals surface area contributed by atoms with Crippen LogP contribution >= 0.6 is 0 Å². The summed E-state index contributed by atoms with van der Waals surface area (Å²) >= 11 is 0. The Hall–Kier alpha value is -2.17. The van der Waals surface area contributed by atoms with Crippen LogP contribution < -0.4 is 0 Å². The zero-order chi connectivity index (χ0) is 15.3. The third-order valence-corrected chi connectivity index (χ3v) is 5.46. The van der Waals surface area contributed by atoms with Crippen LogP contribution in [-0.2, 0) is 12.6 Å². The molecule has 3 heterocycles. The van der Waals surface area contributed by atoms with Gasteiger partial charge in [0, 0.05) is 26.0 Å². The average molecular weight is 296 g/mol. The Kier molecular flexibility index (Phi) is 2.86. The maximum Gasteiger partial charge on any atom is 0.273 e. The first-order valence-corrected chi connectivity index (χ1v) is 7.85. The highest BCUT2D eigenvalue weighted by Crippen LogP contribution is 2.57. The molecule has 22 heavy (non-hydrogen) atoms. The molecule has 1 aliphatic carbocycles. The van der Waals surface area contributed by atoms with Crippen LogP contribution in [0.5, 0.6) is 0 Å². The van der Waals surface area contributed by atoms with Gasteiger partial charge in [0.05, 0.1) is 11.7 Å². The van der Waals surface area contributed by atoms with Gasteiger partial charge < -0.3 is 4.90 Å². The number of carbonyl (C=O) groups excluding carboxylic acids is 1. The van der Waals surface area contributed by atoms with Gasteiger partial charge in [-0.2, -0.15) is 5.10 Å². The minimum Gasteiger partial charge on any atom is -0.327 e. The first-order valence-electron chi connectivity index (χ1n) is 7.85. The van der Waals surface area contributed by atoms with Crippen molar-refractivity contribution >= 4 is 5.91 Å². The molecule has 5 heteroatoms. The Balaban J connectivity index is 1.77. The summed E-state index contributed by atoms with van der Waals surface area (Å²) < 4.78 is 1.70. The normalized spacial score (nSPS) is 26.6. The van der Waals surface area contributed by atoms with E-state index < -0.39 is 0 Å². The summed E-state index contributed by atoms with van der Waals surface area (Å²) in [5.41, 5.74) is 2.67. The molecule has 0 bridgehead atoms. The Labute approximate surface area is 130 Å². The van der Waals surface area contributed by atoms with Crippen molar-refractivity contribution in [2.24, 2.45) is 13.0 Å². The molecule has 2 fully saturated rings. The highest BCUT2D eigenvalue weighted by Gasteiger charge is 2.58. The Morgan fingerprint density at radius 2 is 2.23 bits per heavy atom. The summed E-state index contributed by atoms with van der Waals surface area (Å²) in [6.07, 6.45) is 8.79. The minimum atomic E-state index is -0.151. The number of likely N-dealkylation sites (tertiary alicyclic amines) is 1. The number of nitrogens with zero attached hydrogens (tertiary/aromatic N) is 4. The van der Waals surface area contributed by atoms with E-state index in [2.05, 4.69) is 21.0 Å². The van der Waals surface area contributed by atoms with Crippen molar-refractivity contribution in [3.8, 4) is 0 Å². The summed E-state index contributed by atoms with van der Waals surface area (Å²) in [5, 5.41) is 4.22. The molecule has 0 spiro atoms. The number of hydrogen-bond acceptors (Lipinski definition) is 3. The third kappa shape index (κ3) is 1.62. The molecule has 0 N–H and O–H groups in total. The van der Waals surface area contributed by atoms with E-state index in [-0.39, 0.29) is 11.4 Å². The number of rotatable bonds is 2. The lowest BCUT2D eigenvalue weighted by Gasteiger charge is -2.50. The van der Waals surface area contributed by atoms with Crippen molar-refractivity contribution in [2.75, 3.05) is 6.54 Å². The SMILES string of the molecule is Cc1cnn(C)c1C(=O)N1CC[C@@H]2CC[C@@]21c1cccnc1. The second kappa shape index (κ2) is 4.66. The number of aromatic nitrogens is 3. The van der Waals surface area contributed by atoms with Gasteiger partial charge in [-0.3, -0.25) is 14.5 Å². The van der Waals surface area contributed by atoms with Gasteiger partial charge in [0.25, 0.3) is 5.91 Å². The second-order valence-corrected chi connectivity index (χ2v) is 6.45. The molecular formula is C17H20N4O. The molecule has 1 amide bonds. The molecule has 1 saturated heterocycles. The van der Waals surface area contributed by atoms with Gasteiger partial charge in [-0.05, 0) is 49.3 Å². The fourth-order valence-corrected chi connectivity index (χ4v) is 4.26. The van der Waals surface area contributed by atoms with Crippen molar-refractivity contribution < 1.29 is 4.79 Å². The second-order valence-electron chi connectivity index (χ2n) is 6.45. The van der Waals surface area contributed by atoms with Crippen molar-refractivity contribution in [3.05, 3.63) is 47.5 Å². The first kappa shape index (κ1) is 13.5. The monoisotopic (exact) mass is 296 g/mol. The molecule has 2 aliphatic rings. The molecule has 114 valence electrons. The van der Waals surface area contributed by atoms with E-state index in [0.29, 0.717) is 11.6 Å². The first-order chi connectivity index (χ1) is 10.6. The highest BCUT2D eigenvalue weighted by molar-refractivity contribution is 5.95. The number of pyridine rings is 1. The van der Waals surface area contributed by atoms with E-state index in [1.54, 1.807) is 17.1 Å². The fourth-order valence-electron chi connectivity index (χ4n) is 4.26. The van der Waals surface area contributed by atoms with Crippen LogP contribution in [0.3, 0.4) is 0 Å². The molecule has 5 nitrogen and oxygen atoms in total. The van der Waals surface area contributed by atoms with E-state index in [0.717, 1.165) is 24.9 Å². The summed E-state index contributed by atoms with van der Waals surface area (Å²) in [7, 11) is 1.84. The van der Waals surface area contributed by atoms with Gasteiger partial charge in [0.15, 0.2) is 0 Å². The smallest absolute Gasteiger partial charge is 0.273 e. The number of amides is 1. The standard InChI is InChI=1S/C17H20N4O/c1-12-10-19-20(2)15(12)16(22)21-9-6-13-5-7-17(13,21)14-4-3-8-18-11-14/h3-4,8,10-11,13H,5-7,9H2,1-2H3/t13-,17-/m0/s1. The number of carbonyl (C=O) groups is 1. The largest absolute Gasteiger partial charge is 0.327 e. The maximum absolute atomic E-state index is 13.2. The van der Waals surface area contributed by atoms with Gasteiger partial charge in [-0.1, -0.05) is 6.07 Å². The molecule has 2 atom stereocenters. The number of hydrogen-bond donors (Lipinski definition) is 0. The minimum absolute atomic E-state index is 0.101.